The molecule has 0 spiro atoms. The molecule has 1 atom stereocenters. The molecule has 110 valence electrons. The number of aromatic nitrogens is 2. The number of amides is 1. The number of hydrogen-bond acceptors (Lipinski definition) is 3. The summed E-state index contributed by atoms with van der Waals surface area (Å²) in [6.07, 6.45) is 2.45. The maximum atomic E-state index is 13.0. The summed E-state index contributed by atoms with van der Waals surface area (Å²) in [5.74, 6) is -3.80. The molecular weight excluding hydrogens is 284 g/mol. The topological polar surface area (TPSA) is 84.2 Å². The van der Waals surface area contributed by atoms with Crippen LogP contribution in [0.5, 0.6) is 0 Å². The van der Waals surface area contributed by atoms with E-state index in [4.69, 9.17) is 5.11 Å². The van der Waals surface area contributed by atoms with Crippen LogP contribution < -0.4 is 5.32 Å². The zero-order valence-corrected chi connectivity index (χ0v) is 10.9. The van der Waals surface area contributed by atoms with E-state index in [1.54, 1.807) is 0 Å². The summed E-state index contributed by atoms with van der Waals surface area (Å²) in [6.45, 7) is 1.41. The fraction of sp³-hybridized carbons (Fsp3) is 0.154. The molecule has 2 rings (SSSR count). The lowest BCUT2D eigenvalue weighted by Crippen LogP contribution is -2.16. The molecule has 0 saturated carbocycles. The Morgan fingerprint density at radius 2 is 2.05 bits per heavy atom. The highest BCUT2D eigenvalue weighted by molar-refractivity contribution is 6.03. The third-order valence-electron chi connectivity index (χ3n) is 2.80. The Bertz CT molecular complexity index is 700. The number of carbonyl (C=O) groups is 2. The number of carboxylic acids is 1. The van der Waals surface area contributed by atoms with Gasteiger partial charge in [0.15, 0.2) is 11.6 Å². The number of rotatable bonds is 4. The first kappa shape index (κ1) is 14.6. The molecule has 0 saturated heterocycles. The van der Waals surface area contributed by atoms with E-state index in [9.17, 15) is 18.4 Å². The number of hydrogen-bond donors (Lipinski definition) is 2. The van der Waals surface area contributed by atoms with Gasteiger partial charge in [0.25, 0.3) is 5.91 Å². The van der Waals surface area contributed by atoms with Crippen LogP contribution in [-0.2, 0) is 4.79 Å². The van der Waals surface area contributed by atoms with Gasteiger partial charge in [-0.1, -0.05) is 0 Å². The normalized spacial score (nSPS) is 12.0. The standard InChI is InChI=1S/C13H11F2N3O3/c1-7(13(20)21)18-6-8(5-16-18)12(19)17-9-2-3-10(14)11(15)4-9/h2-7H,1H3,(H,17,19)(H,20,21). The van der Waals surface area contributed by atoms with Crippen LogP contribution in [0.4, 0.5) is 14.5 Å². The van der Waals surface area contributed by atoms with Gasteiger partial charge >= 0.3 is 5.97 Å². The highest BCUT2D eigenvalue weighted by Gasteiger charge is 2.17. The number of benzene rings is 1. The predicted octanol–water partition coefficient (Wildman–Crippen LogP) is 2.06. The second-order valence-electron chi connectivity index (χ2n) is 4.31. The largest absolute Gasteiger partial charge is 0.480 e. The minimum Gasteiger partial charge on any atom is -0.480 e. The van der Waals surface area contributed by atoms with Gasteiger partial charge in [0, 0.05) is 18.0 Å². The van der Waals surface area contributed by atoms with E-state index in [-0.39, 0.29) is 11.3 Å². The summed E-state index contributed by atoms with van der Waals surface area (Å²) in [5.41, 5.74) is 0.186. The molecule has 8 heteroatoms. The van der Waals surface area contributed by atoms with Crippen molar-refractivity contribution in [2.75, 3.05) is 5.32 Å². The SMILES string of the molecule is CC(C(=O)O)n1cc(C(=O)Nc2ccc(F)c(F)c2)cn1. The number of carbonyl (C=O) groups excluding carboxylic acids is 1. The molecule has 1 aromatic heterocycles. The van der Waals surface area contributed by atoms with Crippen molar-refractivity contribution in [1.82, 2.24) is 9.78 Å². The zero-order valence-electron chi connectivity index (χ0n) is 10.9. The van der Waals surface area contributed by atoms with Crippen molar-refractivity contribution in [2.45, 2.75) is 13.0 Å². The number of carboxylic acid groups (broad SMARTS) is 1. The molecular formula is C13H11F2N3O3. The van der Waals surface area contributed by atoms with Crippen molar-refractivity contribution in [1.29, 1.82) is 0 Å². The lowest BCUT2D eigenvalue weighted by Gasteiger charge is -2.05. The maximum absolute atomic E-state index is 13.0. The Morgan fingerprint density at radius 1 is 1.33 bits per heavy atom. The number of aliphatic carboxylic acids is 1. The molecule has 1 amide bonds. The molecule has 0 aliphatic carbocycles. The van der Waals surface area contributed by atoms with Crippen LogP contribution in [0.2, 0.25) is 0 Å². The average molecular weight is 295 g/mol. The molecule has 0 bridgehead atoms. The van der Waals surface area contributed by atoms with Gasteiger partial charge in [-0.3, -0.25) is 9.48 Å². The van der Waals surface area contributed by atoms with Gasteiger partial charge < -0.3 is 10.4 Å². The predicted molar refractivity (Wildman–Crippen MR) is 68.9 cm³/mol. The van der Waals surface area contributed by atoms with Crippen LogP contribution in [0.1, 0.15) is 23.3 Å². The number of halogens is 2. The van der Waals surface area contributed by atoms with Gasteiger partial charge in [0.2, 0.25) is 0 Å². The Hall–Kier alpha value is -2.77. The number of anilines is 1. The van der Waals surface area contributed by atoms with Gasteiger partial charge in [0.1, 0.15) is 6.04 Å². The van der Waals surface area contributed by atoms with E-state index in [1.807, 2.05) is 0 Å². The highest BCUT2D eigenvalue weighted by Crippen LogP contribution is 2.15. The van der Waals surface area contributed by atoms with Crippen molar-refractivity contribution < 1.29 is 23.5 Å². The second-order valence-corrected chi connectivity index (χ2v) is 4.31. The van der Waals surface area contributed by atoms with E-state index in [0.717, 1.165) is 16.8 Å². The molecule has 6 nitrogen and oxygen atoms in total. The quantitative estimate of drug-likeness (QED) is 0.904. The van der Waals surface area contributed by atoms with Gasteiger partial charge in [-0.15, -0.1) is 0 Å². The van der Waals surface area contributed by atoms with Crippen LogP contribution in [0.15, 0.2) is 30.6 Å². The maximum Gasteiger partial charge on any atom is 0.328 e. The van der Waals surface area contributed by atoms with Crippen molar-refractivity contribution in [3.05, 3.63) is 47.8 Å². The fourth-order valence-electron chi connectivity index (χ4n) is 1.56. The Morgan fingerprint density at radius 3 is 2.67 bits per heavy atom. The summed E-state index contributed by atoms with van der Waals surface area (Å²) in [5, 5.41) is 15.0. The molecule has 1 unspecified atom stereocenters. The second kappa shape index (κ2) is 5.70. The summed E-state index contributed by atoms with van der Waals surface area (Å²) in [7, 11) is 0. The first-order chi connectivity index (χ1) is 9.88. The number of nitrogens with zero attached hydrogens (tertiary/aromatic N) is 2. The Labute approximate surface area is 118 Å². The fourth-order valence-corrected chi connectivity index (χ4v) is 1.56. The summed E-state index contributed by atoms with van der Waals surface area (Å²) >= 11 is 0. The third kappa shape index (κ3) is 3.22. The molecule has 0 aliphatic heterocycles. The van der Waals surface area contributed by atoms with E-state index >= 15 is 0 Å². The van der Waals surface area contributed by atoms with E-state index in [2.05, 4.69) is 10.4 Å². The minimum absolute atomic E-state index is 0.0814. The van der Waals surface area contributed by atoms with Crippen LogP contribution in [-0.4, -0.2) is 26.8 Å². The summed E-state index contributed by atoms with van der Waals surface area (Å²) in [4.78, 5) is 22.7. The molecule has 1 aromatic carbocycles. The zero-order chi connectivity index (χ0) is 15.6. The molecule has 2 N–H and O–H groups in total. The van der Waals surface area contributed by atoms with Crippen LogP contribution in [0.25, 0.3) is 0 Å². The minimum atomic E-state index is -1.09. The van der Waals surface area contributed by atoms with Crippen molar-refractivity contribution >= 4 is 17.6 Å². The number of nitrogens with one attached hydrogen (secondary N) is 1. The van der Waals surface area contributed by atoms with Crippen molar-refractivity contribution in [3.8, 4) is 0 Å². The summed E-state index contributed by atoms with van der Waals surface area (Å²) in [6, 6.07) is 2.02. The lowest BCUT2D eigenvalue weighted by molar-refractivity contribution is -0.140. The monoisotopic (exact) mass is 295 g/mol. The molecule has 0 fully saturated rings. The van der Waals surface area contributed by atoms with Gasteiger partial charge in [0.05, 0.1) is 11.8 Å². The summed E-state index contributed by atoms with van der Waals surface area (Å²) < 4.78 is 26.9. The lowest BCUT2D eigenvalue weighted by atomic mass is 10.2. The first-order valence-electron chi connectivity index (χ1n) is 5.92. The van der Waals surface area contributed by atoms with Gasteiger partial charge in [-0.05, 0) is 19.1 Å². The highest BCUT2D eigenvalue weighted by atomic mass is 19.2. The first-order valence-corrected chi connectivity index (χ1v) is 5.92. The molecule has 0 aliphatic rings. The van der Waals surface area contributed by atoms with E-state index in [1.165, 1.54) is 25.4 Å². The third-order valence-corrected chi connectivity index (χ3v) is 2.80. The van der Waals surface area contributed by atoms with Crippen LogP contribution in [0.3, 0.4) is 0 Å². The van der Waals surface area contributed by atoms with Crippen molar-refractivity contribution in [2.24, 2.45) is 0 Å². The van der Waals surface area contributed by atoms with Gasteiger partial charge in [-0.25, -0.2) is 13.6 Å². The van der Waals surface area contributed by atoms with Crippen LogP contribution >= 0.6 is 0 Å². The molecule has 1 heterocycles. The van der Waals surface area contributed by atoms with Crippen molar-refractivity contribution in [3.63, 3.8) is 0 Å². The molecule has 2 aromatic rings. The Balaban J connectivity index is 2.13. The van der Waals surface area contributed by atoms with E-state index < -0.39 is 29.6 Å². The van der Waals surface area contributed by atoms with E-state index in [0.29, 0.717) is 0 Å². The molecule has 0 radical (unpaired) electrons. The smallest absolute Gasteiger partial charge is 0.328 e. The Kier molecular flexibility index (Phi) is 3.97. The van der Waals surface area contributed by atoms with Crippen LogP contribution in [0, 0.1) is 11.6 Å². The molecule has 21 heavy (non-hydrogen) atoms. The average Bonchev–Trinajstić information content (AvgIpc) is 2.91. The van der Waals surface area contributed by atoms with Gasteiger partial charge in [-0.2, -0.15) is 5.10 Å².